The van der Waals surface area contributed by atoms with Crippen LogP contribution in [0.5, 0.6) is 0 Å². The first kappa shape index (κ1) is 32.5. The summed E-state index contributed by atoms with van der Waals surface area (Å²) in [6.07, 6.45) is -0.713. The number of rotatable bonds is 11. The monoisotopic (exact) mass is 638 g/mol. The van der Waals surface area contributed by atoms with Gasteiger partial charge >= 0.3 is 6.18 Å². The van der Waals surface area contributed by atoms with Gasteiger partial charge in [-0.05, 0) is 72.2 Å². The fourth-order valence-electron chi connectivity index (χ4n) is 4.60. The molecule has 44 heavy (non-hydrogen) atoms. The number of halogens is 4. The Morgan fingerprint density at radius 3 is 2.48 bits per heavy atom. The molecule has 4 rings (SSSR count). The van der Waals surface area contributed by atoms with Gasteiger partial charge in [-0.2, -0.15) is 18.4 Å². The van der Waals surface area contributed by atoms with Crippen LogP contribution in [0.4, 0.5) is 18.9 Å². The zero-order valence-electron chi connectivity index (χ0n) is 23.8. The number of amides is 1. The van der Waals surface area contributed by atoms with Crippen LogP contribution >= 0.6 is 23.8 Å². The zero-order valence-corrected chi connectivity index (χ0v) is 25.4. The number of anilines is 1. The van der Waals surface area contributed by atoms with Crippen LogP contribution in [-0.4, -0.2) is 38.1 Å². The zero-order chi connectivity index (χ0) is 31.7. The summed E-state index contributed by atoms with van der Waals surface area (Å²) in [6.45, 7) is 2.40. The lowest BCUT2D eigenvalue weighted by molar-refractivity contribution is -0.138. The average Bonchev–Trinajstić information content (AvgIpc) is 3.43. The topological polar surface area (TPSA) is 86.0 Å². The van der Waals surface area contributed by atoms with Crippen molar-refractivity contribution < 1.29 is 18.0 Å². The molecule has 0 bridgehead atoms. The molecule has 0 unspecified atom stereocenters. The summed E-state index contributed by atoms with van der Waals surface area (Å²) in [5, 5.41) is 15.9. The van der Waals surface area contributed by atoms with Gasteiger partial charge in [-0.25, -0.2) is 4.98 Å². The van der Waals surface area contributed by atoms with E-state index in [-0.39, 0.29) is 36.1 Å². The van der Waals surface area contributed by atoms with Gasteiger partial charge in [-0.3, -0.25) is 4.79 Å². The summed E-state index contributed by atoms with van der Waals surface area (Å²) in [5.74, 6) is -0.259. The third kappa shape index (κ3) is 9.05. The molecule has 12 heteroatoms. The Balaban J connectivity index is 1.48. The maximum absolute atomic E-state index is 13.8. The van der Waals surface area contributed by atoms with Crippen molar-refractivity contribution in [2.45, 2.75) is 45.1 Å². The van der Waals surface area contributed by atoms with Crippen LogP contribution in [0.15, 0.2) is 85.3 Å². The molecule has 1 heterocycles. The minimum Gasteiger partial charge on any atom is -0.351 e. The molecule has 3 aromatic carbocycles. The highest BCUT2D eigenvalue weighted by atomic mass is 35.5. The van der Waals surface area contributed by atoms with Gasteiger partial charge in [0.25, 0.3) is 0 Å². The van der Waals surface area contributed by atoms with E-state index in [1.54, 1.807) is 59.9 Å². The number of carbonyl (C=O) groups is 1. The van der Waals surface area contributed by atoms with Crippen molar-refractivity contribution in [2.24, 2.45) is 0 Å². The Kier molecular flexibility index (Phi) is 11.0. The minimum absolute atomic E-state index is 0.0527. The van der Waals surface area contributed by atoms with Gasteiger partial charge in [0.2, 0.25) is 5.91 Å². The first-order chi connectivity index (χ1) is 21.0. The quantitative estimate of drug-likeness (QED) is 0.176. The Labute approximate surface area is 264 Å². The molecule has 0 aliphatic carbocycles. The van der Waals surface area contributed by atoms with E-state index in [2.05, 4.69) is 21.7 Å². The summed E-state index contributed by atoms with van der Waals surface area (Å²) < 4.78 is 43.3. The van der Waals surface area contributed by atoms with E-state index >= 15 is 0 Å². The number of alkyl halides is 3. The second-order valence-corrected chi connectivity index (χ2v) is 11.0. The van der Waals surface area contributed by atoms with Crippen LogP contribution in [0, 0.1) is 11.3 Å². The van der Waals surface area contributed by atoms with Gasteiger partial charge in [0.15, 0.2) is 5.11 Å². The molecular weight excluding hydrogens is 609 g/mol. The molecule has 0 aliphatic heterocycles. The number of hydrogen-bond acceptors (Lipinski definition) is 4. The molecular formula is C32H30ClF3N6OS. The lowest BCUT2D eigenvalue weighted by Gasteiger charge is -2.31. The lowest BCUT2D eigenvalue weighted by Crippen LogP contribution is -2.47. The van der Waals surface area contributed by atoms with Crippen molar-refractivity contribution in [3.8, 4) is 6.07 Å². The summed E-state index contributed by atoms with van der Waals surface area (Å²) in [5.41, 5.74) is 2.15. The van der Waals surface area contributed by atoms with Gasteiger partial charge in [-0.1, -0.05) is 48.9 Å². The first-order valence-electron chi connectivity index (χ1n) is 13.8. The molecule has 0 spiro atoms. The van der Waals surface area contributed by atoms with Crippen LogP contribution < -0.4 is 10.6 Å². The molecule has 0 saturated carbocycles. The number of aromatic nitrogens is 2. The standard InChI is InChI=1S/C32H30ClF3N6OS/c1-2-26(39-30(43)15-28-17-38-21-42(28)18-23-9-7-22(16-37)8-10-23)20-41(31(44)40-27-13-11-25(33)12-14-27)19-24-5-3-4-6-29(24)32(34,35)36/h3-14,17,21,26H,2,15,18-20H2,1H3,(H,39,43)(H,40,44)/t26-/m0/s1. The molecule has 4 aromatic rings. The summed E-state index contributed by atoms with van der Waals surface area (Å²) >= 11 is 11.6. The maximum atomic E-state index is 13.8. The van der Waals surface area contributed by atoms with E-state index in [0.717, 1.165) is 11.6 Å². The van der Waals surface area contributed by atoms with Gasteiger partial charge < -0.3 is 20.1 Å². The fraction of sp³-hybridized carbons (Fsp3) is 0.250. The molecule has 0 saturated heterocycles. The van der Waals surface area contributed by atoms with E-state index in [9.17, 15) is 18.0 Å². The van der Waals surface area contributed by atoms with Gasteiger partial charge in [0.05, 0.1) is 29.9 Å². The number of hydrogen-bond donors (Lipinski definition) is 2. The third-order valence-electron chi connectivity index (χ3n) is 6.94. The van der Waals surface area contributed by atoms with E-state index in [4.69, 9.17) is 29.1 Å². The van der Waals surface area contributed by atoms with Crippen LogP contribution in [0.2, 0.25) is 5.02 Å². The number of imidazole rings is 1. The second-order valence-electron chi connectivity index (χ2n) is 10.1. The Morgan fingerprint density at radius 2 is 1.82 bits per heavy atom. The highest BCUT2D eigenvalue weighted by molar-refractivity contribution is 7.80. The highest BCUT2D eigenvalue weighted by Gasteiger charge is 2.33. The SMILES string of the molecule is CC[C@@H](CN(Cc1ccccc1C(F)(F)F)C(=S)Nc1ccc(Cl)cc1)NC(=O)Cc1cncn1Cc1ccc(C#N)cc1. The second kappa shape index (κ2) is 14.9. The smallest absolute Gasteiger partial charge is 0.351 e. The molecule has 0 radical (unpaired) electrons. The van der Waals surface area contributed by atoms with E-state index in [1.807, 2.05) is 23.6 Å². The first-order valence-corrected chi connectivity index (χ1v) is 14.6. The molecule has 228 valence electrons. The van der Waals surface area contributed by atoms with Gasteiger partial charge in [-0.15, -0.1) is 0 Å². The third-order valence-corrected chi connectivity index (χ3v) is 7.55. The summed E-state index contributed by atoms with van der Waals surface area (Å²) in [4.78, 5) is 19.0. The molecule has 0 fully saturated rings. The van der Waals surface area contributed by atoms with Crippen molar-refractivity contribution in [2.75, 3.05) is 11.9 Å². The summed E-state index contributed by atoms with van der Waals surface area (Å²) in [7, 11) is 0. The van der Waals surface area contributed by atoms with Gasteiger partial charge in [0, 0.05) is 48.3 Å². The summed E-state index contributed by atoms with van der Waals surface area (Å²) in [6, 6.07) is 21.0. The van der Waals surface area contributed by atoms with E-state index in [0.29, 0.717) is 34.9 Å². The molecule has 2 N–H and O–H groups in total. The molecule has 1 atom stereocenters. The number of nitrogens with one attached hydrogen (secondary N) is 2. The maximum Gasteiger partial charge on any atom is 0.416 e. The number of nitriles is 1. The molecule has 1 aromatic heterocycles. The lowest BCUT2D eigenvalue weighted by atomic mass is 10.1. The Bertz CT molecular complexity index is 1620. The van der Waals surface area contributed by atoms with Crippen LogP contribution in [0.3, 0.4) is 0 Å². The number of thiocarbonyl (C=S) groups is 1. The fourth-order valence-corrected chi connectivity index (χ4v) is 4.98. The predicted molar refractivity (Wildman–Crippen MR) is 168 cm³/mol. The number of nitrogens with zero attached hydrogens (tertiary/aromatic N) is 4. The van der Waals surface area contributed by atoms with Crippen LogP contribution in [0.25, 0.3) is 0 Å². The predicted octanol–water partition coefficient (Wildman–Crippen LogP) is 6.81. The van der Waals surface area contributed by atoms with Crippen molar-refractivity contribution >= 4 is 40.5 Å². The average molecular weight is 639 g/mol. The Hall–Kier alpha value is -4.40. The molecule has 7 nitrogen and oxygen atoms in total. The normalized spacial score (nSPS) is 11.8. The van der Waals surface area contributed by atoms with Crippen molar-refractivity contribution in [1.29, 1.82) is 5.26 Å². The Morgan fingerprint density at radius 1 is 1.11 bits per heavy atom. The van der Waals surface area contributed by atoms with Crippen molar-refractivity contribution in [3.63, 3.8) is 0 Å². The molecule has 1 amide bonds. The molecule has 0 aliphatic rings. The number of benzene rings is 3. The van der Waals surface area contributed by atoms with Crippen LogP contribution in [0.1, 0.15) is 41.3 Å². The number of carbonyl (C=O) groups excluding carboxylic acids is 1. The van der Waals surface area contributed by atoms with E-state index in [1.165, 1.54) is 12.1 Å². The van der Waals surface area contributed by atoms with Crippen molar-refractivity contribution in [1.82, 2.24) is 19.8 Å². The minimum atomic E-state index is -4.54. The highest BCUT2D eigenvalue weighted by Crippen LogP contribution is 2.32. The van der Waals surface area contributed by atoms with Gasteiger partial charge in [0.1, 0.15) is 0 Å². The largest absolute Gasteiger partial charge is 0.416 e. The van der Waals surface area contributed by atoms with Crippen LogP contribution in [-0.2, 0) is 30.5 Å². The van der Waals surface area contributed by atoms with Crippen molar-refractivity contribution in [3.05, 3.63) is 118 Å². The van der Waals surface area contributed by atoms with E-state index < -0.39 is 17.8 Å².